The molecule has 2 heteroatoms. The Hall–Kier alpha value is -5.60. The maximum absolute atomic E-state index is 6.39. The minimum Gasteiger partial charge on any atom is -0.456 e. The number of benzene rings is 7. The summed E-state index contributed by atoms with van der Waals surface area (Å²) < 4.78 is 6.39. The summed E-state index contributed by atoms with van der Waals surface area (Å²) in [5, 5.41) is 4.62. The van der Waals surface area contributed by atoms with Crippen LogP contribution in [0.15, 0.2) is 156 Å². The van der Waals surface area contributed by atoms with Crippen molar-refractivity contribution < 1.29 is 4.42 Å². The van der Waals surface area contributed by atoms with Gasteiger partial charge in [0.15, 0.2) is 0 Å². The Morgan fingerprint density at radius 3 is 2.11 bits per heavy atom. The van der Waals surface area contributed by atoms with Crippen molar-refractivity contribution >= 4 is 49.8 Å². The number of rotatable bonds is 4. The SMILES string of the molecule is CC1(C)c2ccccc2-c2ccc(N(c3cccc(-c4ccccc4)c3)c3cccc4cc5c(cc34)oc3ccccc35)cc21. The number of hydrogen-bond donors (Lipinski definition) is 0. The maximum atomic E-state index is 6.39. The van der Waals surface area contributed by atoms with Crippen LogP contribution in [0.2, 0.25) is 0 Å². The Morgan fingerprint density at radius 2 is 1.20 bits per heavy atom. The third-order valence-electron chi connectivity index (χ3n) is 9.63. The van der Waals surface area contributed by atoms with Gasteiger partial charge in [0, 0.05) is 32.9 Å². The van der Waals surface area contributed by atoms with Gasteiger partial charge in [0.25, 0.3) is 0 Å². The summed E-state index contributed by atoms with van der Waals surface area (Å²) >= 11 is 0. The van der Waals surface area contributed by atoms with Crippen LogP contribution in [-0.2, 0) is 5.41 Å². The van der Waals surface area contributed by atoms with Crippen LogP contribution in [0.1, 0.15) is 25.0 Å². The fourth-order valence-electron chi connectivity index (χ4n) is 7.39. The second kappa shape index (κ2) is 9.70. The van der Waals surface area contributed by atoms with Gasteiger partial charge in [-0.3, -0.25) is 0 Å². The molecule has 9 rings (SSSR count). The number of hydrogen-bond acceptors (Lipinski definition) is 2. The molecule has 0 atom stereocenters. The van der Waals surface area contributed by atoms with E-state index in [1.165, 1.54) is 38.8 Å². The molecule has 0 unspecified atom stereocenters. The van der Waals surface area contributed by atoms with Crippen LogP contribution in [0.4, 0.5) is 17.1 Å². The topological polar surface area (TPSA) is 16.4 Å². The molecule has 1 aliphatic rings. The molecule has 0 saturated carbocycles. The lowest BCUT2D eigenvalue weighted by Gasteiger charge is -2.29. The van der Waals surface area contributed by atoms with Gasteiger partial charge in [0.05, 0.1) is 5.69 Å². The van der Waals surface area contributed by atoms with Gasteiger partial charge in [-0.25, -0.2) is 0 Å². The first-order chi connectivity index (χ1) is 22.1. The minimum absolute atomic E-state index is 0.0985. The van der Waals surface area contributed by atoms with Gasteiger partial charge in [0.1, 0.15) is 11.2 Å². The summed E-state index contributed by atoms with van der Waals surface area (Å²) in [5.41, 5.74) is 12.9. The van der Waals surface area contributed by atoms with E-state index in [9.17, 15) is 0 Å². The van der Waals surface area contributed by atoms with Crippen LogP contribution in [0.25, 0.3) is 55.0 Å². The maximum Gasteiger partial charge on any atom is 0.136 e. The lowest BCUT2D eigenvalue weighted by Crippen LogP contribution is -2.16. The first-order valence-electron chi connectivity index (χ1n) is 15.6. The van der Waals surface area contributed by atoms with E-state index in [1.807, 2.05) is 12.1 Å². The lowest BCUT2D eigenvalue weighted by molar-refractivity contribution is 0.660. The van der Waals surface area contributed by atoms with Crippen LogP contribution < -0.4 is 4.90 Å². The molecule has 0 bridgehead atoms. The molecule has 8 aromatic rings. The molecule has 214 valence electrons. The fraction of sp³-hybridized carbons (Fsp3) is 0.0698. The number of furan rings is 1. The van der Waals surface area contributed by atoms with Crippen molar-refractivity contribution in [3.8, 4) is 22.3 Å². The van der Waals surface area contributed by atoms with Gasteiger partial charge in [0.2, 0.25) is 0 Å². The monoisotopic (exact) mass is 577 g/mol. The van der Waals surface area contributed by atoms with Crippen molar-refractivity contribution in [2.45, 2.75) is 19.3 Å². The summed E-state index contributed by atoms with van der Waals surface area (Å²) in [6, 6.07) is 54.8. The Kier molecular flexibility index (Phi) is 5.58. The van der Waals surface area contributed by atoms with Crippen molar-refractivity contribution in [1.29, 1.82) is 0 Å². The molecule has 0 aliphatic heterocycles. The first-order valence-corrected chi connectivity index (χ1v) is 15.6. The third-order valence-corrected chi connectivity index (χ3v) is 9.63. The Morgan fingerprint density at radius 1 is 0.467 bits per heavy atom. The van der Waals surface area contributed by atoms with Crippen LogP contribution in [0.5, 0.6) is 0 Å². The summed E-state index contributed by atoms with van der Waals surface area (Å²) in [5.74, 6) is 0. The zero-order chi connectivity index (χ0) is 30.1. The van der Waals surface area contributed by atoms with E-state index in [1.54, 1.807) is 0 Å². The summed E-state index contributed by atoms with van der Waals surface area (Å²) in [6.07, 6.45) is 0. The van der Waals surface area contributed by atoms with Gasteiger partial charge in [-0.2, -0.15) is 0 Å². The standard InChI is InChI=1S/C43H31NO/c1-43(2)38-19-8-6-17-33(38)34-23-22-32(26-39(34)43)44(31-16-10-14-29(24-31)28-12-4-3-5-13-28)40-20-11-15-30-25-37-35-18-7-9-21-41(35)45-42(37)27-36(30)40/h3-27H,1-2H3. The van der Waals surface area contributed by atoms with E-state index < -0.39 is 0 Å². The molecular weight excluding hydrogens is 546 g/mol. The fourth-order valence-corrected chi connectivity index (χ4v) is 7.39. The van der Waals surface area contributed by atoms with Crippen LogP contribution >= 0.6 is 0 Å². The lowest BCUT2D eigenvalue weighted by atomic mass is 9.82. The van der Waals surface area contributed by atoms with E-state index in [-0.39, 0.29) is 5.41 Å². The van der Waals surface area contributed by atoms with Crippen molar-refractivity contribution in [2.24, 2.45) is 0 Å². The van der Waals surface area contributed by atoms with Crippen molar-refractivity contribution in [1.82, 2.24) is 0 Å². The summed E-state index contributed by atoms with van der Waals surface area (Å²) in [7, 11) is 0. The van der Waals surface area contributed by atoms with Gasteiger partial charge in [-0.05, 0) is 87.3 Å². The highest BCUT2D eigenvalue weighted by atomic mass is 16.3. The Bertz CT molecular complexity index is 2410. The van der Waals surface area contributed by atoms with Crippen LogP contribution in [0.3, 0.4) is 0 Å². The van der Waals surface area contributed by atoms with Gasteiger partial charge >= 0.3 is 0 Å². The van der Waals surface area contributed by atoms with Gasteiger partial charge in [-0.1, -0.05) is 117 Å². The average Bonchev–Trinajstić information content (AvgIpc) is 3.56. The summed E-state index contributed by atoms with van der Waals surface area (Å²) in [6.45, 7) is 4.69. The van der Waals surface area contributed by atoms with Crippen LogP contribution in [0, 0.1) is 0 Å². The van der Waals surface area contributed by atoms with Crippen molar-refractivity contribution in [3.63, 3.8) is 0 Å². The molecule has 1 aromatic heterocycles. The predicted molar refractivity (Wildman–Crippen MR) is 189 cm³/mol. The smallest absolute Gasteiger partial charge is 0.136 e. The molecule has 0 N–H and O–H groups in total. The number of anilines is 3. The molecule has 0 spiro atoms. The number of nitrogens with zero attached hydrogens (tertiary/aromatic N) is 1. The highest BCUT2D eigenvalue weighted by Crippen LogP contribution is 2.51. The second-order valence-electron chi connectivity index (χ2n) is 12.6. The van der Waals surface area contributed by atoms with Gasteiger partial charge in [-0.15, -0.1) is 0 Å². The number of para-hydroxylation sites is 1. The zero-order valence-electron chi connectivity index (χ0n) is 25.3. The summed E-state index contributed by atoms with van der Waals surface area (Å²) in [4.78, 5) is 2.42. The molecule has 0 radical (unpaired) electrons. The number of fused-ring (bicyclic) bond motifs is 7. The molecule has 1 heterocycles. The van der Waals surface area contributed by atoms with E-state index in [0.29, 0.717) is 0 Å². The highest BCUT2D eigenvalue weighted by molar-refractivity contribution is 6.13. The van der Waals surface area contributed by atoms with Crippen LogP contribution in [-0.4, -0.2) is 0 Å². The molecular formula is C43H31NO. The molecule has 7 aromatic carbocycles. The second-order valence-corrected chi connectivity index (χ2v) is 12.6. The molecule has 1 aliphatic carbocycles. The minimum atomic E-state index is -0.0985. The third kappa shape index (κ3) is 3.96. The zero-order valence-corrected chi connectivity index (χ0v) is 25.3. The van der Waals surface area contributed by atoms with E-state index in [4.69, 9.17) is 4.42 Å². The quantitative estimate of drug-likeness (QED) is 0.207. The molecule has 0 amide bonds. The van der Waals surface area contributed by atoms with Crippen molar-refractivity contribution in [2.75, 3.05) is 4.90 Å². The predicted octanol–water partition coefficient (Wildman–Crippen LogP) is 12.2. The Balaban J connectivity index is 1.30. The molecule has 45 heavy (non-hydrogen) atoms. The van der Waals surface area contributed by atoms with Crippen molar-refractivity contribution in [3.05, 3.63) is 163 Å². The molecule has 2 nitrogen and oxygen atoms in total. The highest BCUT2D eigenvalue weighted by Gasteiger charge is 2.35. The van der Waals surface area contributed by atoms with Gasteiger partial charge < -0.3 is 9.32 Å². The largest absolute Gasteiger partial charge is 0.456 e. The normalized spacial score (nSPS) is 13.3. The first kappa shape index (κ1) is 25.9. The van der Waals surface area contributed by atoms with E-state index >= 15 is 0 Å². The molecule has 0 saturated heterocycles. The van der Waals surface area contributed by atoms with E-state index in [2.05, 4.69) is 158 Å². The van der Waals surface area contributed by atoms with E-state index in [0.717, 1.165) is 44.4 Å². The average molecular weight is 578 g/mol. The molecule has 0 fully saturated rings. The Labute approximate surface area is 262 Å².